The van der Waals surface area contributed by atoms with Crippen molar-refractivity contribution >= 4 is 27.6 Å². The van der Waals surface area contributed by atoms with E-state index >= 15 is 0 Å². The van der Waals surface area contributed by atoms with Gasteiger partial charge in [-0.2, -0.15) is 0 Å². The molecule has 0 aliphatic heterocycles. The van der Waals surface area contributed by atoms with E-state index in [4.69, 9.17) is 5.73 Å². The van der Waals surface area contributed by atoms with Crippen LogP contribution in [-0.4, -0.2) is 35.7 Å². The highest BCUT2D eigenvalue weighted by Crippen LogP contribution is 2.14. The van der Waals surface area contributed by atoms with Gasteiger partial charge in [0.1, 0.15) is 0 Å². The van der Waals surface area contributed by atoms with Crippen LogP contribution in [-0.2, 0) is 4.79 Å². The molecule has 0 fully saturated rings. The van der Waals surface area contributed by atoms with Gasteiger partial charge in [-0.15, -0.1) is 0 Å². The third-order valence-electron chi connectivity index (χ3n) is 3.21. The largest absolute Gasteiger partial charge is 0.369 e. The van der Waals surface area contributed by atoms with Gasteiger partial charge in [-0.25, -0.2) is 0 Å². The van der Waals surface area contributed by atoms with Gasteiger partial charge in [0.05, 0.1) is 12.6 Å². The van der Waals surface area contributed by atoms with Crippen LogP contribution in [0, 0.1) is 0 Å². The van der Waals surface area contributed by atoms with E-state index in [1.54, 1.807) is 12.1 Å². The normalized spacial score (nSPS) is 12.4. The van der Waals surface area contributed by atoms with E-state index < -0.39 is 5.91 Å². The Bertz CT molecular complexity index is 459. The fourth-order valence-corrected chi connectivity index (χ4v) is 2.26. The number of hydrogen-bond donors (Lipinski definition) is 1. The average molecular weight is 341 g/mol. The molecule has 4 nitrogen and oxygen atoms in total. The Kier molecular flexibility index (Phi) is 6.88. The second-order valence-corrected chi connectivity index (χ2v) is 5.75. The lowest BCUT2D eigenvalue weighted by Gasteiger charge is -2.26. The van der Waals surface area contributed by atoms with Gasteiger partial charge in [0, 0.05) is 10.0 Å². The Labute approximate surface area is 128 Å². The van der Waals surface area contributed by atoms with Crippen LogP contribution >= 0.6 is 15.9 Å². The summed E-state index contributed by atoms with van der Waals surface area (Å²) in [5.41, 5.74) is 5.91. The highest BCUT2D eigenvalue weighted by molar-refractivity contribution is 9.10. The summed E-state index contributed by atoms with van der Waals surface area (Å²) < 4.78 is 0.932. The maximum atomic E-state index is 12.4. The molecule has 1 aromatic rings. The zero-order chi connectivity index (χ0) is 15.1. The van der Waals surface area contributed by atoms with Crippen molar-refractivity contribution in [1.82, 2.24) is 4.90 Å². The van der Waals surface area contributed by atoms with Crippen molar-refractivity contribution in [1.29, 1.82) is 0 Å². The number of halogens is 1. The molecule has 0 aromatic heterocycles. The number of nitrogens with zero attached hydrogens (tertiary/aromatic N) is 1. The molecule has 0 aliphatic rings. The van der Waals surface area contributed by atoms with Crippen LogP contribution in [0.1, 0.15) is 37.0 Å². The number of ketones is 1. The third-order valence-corrected chi connectivity index (χ3v) is 3.74. The summed E-state index contributed by atoms with van der Waals surface area (Å²) in [6, 6.07) is 6.89. The van der Waals surface area contributed by atoms with Gasteiger partial charge < -0.3 is 5.73 Å². The molecule has 1 aromatic carbocycles. The van der Waals surface area contributed by atoms with Crippen molar-refractivity contribution in [2.24, 2.45) is 5.73 Å². The zero-order valence-electron chi connectivity index (χ0n) is 11.9. The number of amides is 1. The van der Waals surface area contributed by atoms with Crippen molar-refractivity contribution in [2.45, 2.75) is 32.7 Å². The SMILES string of the molecule is CCCCN(CC(N)=O)C(C)C(=O)c1ccc(Br)cc1. The second-order valence-electron chi connectivity index (χ2n) is 4.84. The molecule has 0 saturated carbocycles. The molecule has 0 spiro atoms. The summed E-state index contributed by atoms with van der Waals surface area (Å²) in [4.78, 5) is 25.4. The van der Waals surface area contributed by atoms with Crippen LogP contribution in [0.2, 0.25) is 0 Å². The number of hydrogen-bond acceptors (Lipinski definition) is 3. The fraction of sp³-hybridized carbons (Fsp3) is 0.467. The Morgan fingerprint density at radius 3 is 2.40 bits per heavy atom. The number of carbonyl (C=O) groups is 2. The second kappa shape index (κ2) is 8.17. The van der Waals surface area contributed by atoms with E-state index in [0.717, 1.165) is 17.3 Å². The van der Waals surface area contributed by atoms with Crippen molar-refractivity contribution in [3.8, 4) is 0 Å². The van der Waals surface area contributed by atoms with E-state index in [2.05, 4.69) is 22.9 Å². The van der Waals surface area contributed by atoms with Crippen LogP contribution in [0.15, 0.2) is 28.7 Å². The molecule has 110 valence electrons. The van der Waals surface area contributed by atoms with Gasteiger partial charge in [-0.05, 0) is 32.0 Å². The Morgan fingerprint density at radius 1 is 1.30 bits per heavy atom. The number of Topliss-reactive ketones (excluding diaryl/α,β-unsaturated/α-hetero) is 1. The summed E-state index contributed by atoms with van der Waals surface area (Å²) >= 11 is 3.34. The predicted octanol–water partition coefficient (Wildman–Crippen LogP) is 2.61. The van der Waals surface area contributed by atoms with Crippen LogP contribution in [0.5, 0.6) is 0 Å². The molecule has 1 unspecified atom stereocenters. The van der Waals surface area contributed by atoms with E-state index in [1.165, 1.54) is 0 Å². The van der Waals surface area contributed by atoms with E-state index in [-0.39, 0.29) is 18.4 Å². The summed E-state index contributed by atoms with van der Waals surface area (Å²) in [6.45, 7) is 4.71. The minimum absolute atomic E-state index is 0.00912. The summed E-state index contributed by atoms with van der Waals surface area (Å²) in [5, 5.41) is 0. The highest BCUT2D eigenvalue weighted by Gasteiger charge is 2.23. The smallest absolute Gasteiger partial charge is 0.231 e. The van der Waals surface area contributed by atoms with E-state index in [1.807, 2.05) is 24.0 Å². The van der Waals surface area contributed by atoms with Gasteiger partial charge in [0.15, 0.2) is 5.78 Å². The van der Waals surface area contributed by atoms with Crippen LogP contribution < -0.4 is 5.73 Å². The lowest BCUT2D eigenvalue weighted by atomic mass is 10.0. The Morgan fingerprint density at radius 2 is 1.90 bits per heavy atom. The number of carbonyl (C=O) groups excluding carboxylic acids is 2. The number of nitrogens with two attached hydrogens (primary N) is 1. The monoisotopic (exact) mass is 340 g/mol. The molecule has 1 rings (SSSR count). The number of rotatable bonds is 8. The molecule has 1 amide bonds. The highest BCUT2D eigenvalue weighted by atomic mass is 79.9. The molecular weight excluding hydrogens is 320 g/mol. The van der Waals surface area contributed by atoms with Gasteiger partial charge in [0.2, 0.25) is 5.91 Å². The number of benzene rings is 1. The fourth-order valence-electron chi connectivity index (χ4n) is 1.99. The lowest BCUT2D eigenvalue weighted by molar-refractivity contribution is -0.119. The summed E-state index contributed by atoms with van der Waals surface area (Å²) in [7, 11) is 0. The Balaban J connectivity index is 2.81. The average Bonchev–Trinajstić information content (AvgIpc) is 2.42. The van der Waals surface area contributed by atoms with Crippen LogP contribution in [0.25, 0.3) is 0 Å². The molecule has 0 radical (unpaired) electrons. The molecule has 0 bridgehead atoms. The van der Waals surface area contributed by atoms with E-state index in [9.17, 15) is 9.59 Å². The Hall–Kier alpha value is -1.20. The lowest BCUT2D eigenvalue weighted by Crippen LogP contribution is -2.44. The van der Waals surface area contributed by atoms with Crippen LogP contribution in [0.4, 0.5) is 0 Å². The van der Waals surface area contributed by atoms with Crippen molar-refractivity contribution in [2.75, 3.05) is 13.1 Å². The van der Waals surface area contributed by atoms with Crippen molar-refractivity contribution in [3.05, 3.63) is 34.3 Å². The molecule has 20 heavy (non-hydrogen) atoms. The minimum Gasteiger partial charge on any atom is -0.369 e. The molecule has 0 saturated heterocycles. The van der Waals surface area contributed by atoms with Crippen molar-refractivity contribution in [3.63, 3.8) is 0 Å². The summed E-state index contributed by atoms with van der Waals surface area (Å²) in [5.74, 6) is -0.397. The first kappa shape index (κ1) is 16.9. The molecule has 5 heteroatoms. The first-order valence-corrected chi connectivity index (χ1v) is 7.57. The molecule has 1 atom stereocenters. The quantitative estimate of drug-likeness (QED) is 0.740. The van der Waals surface area contributed by atoms with Gasteiger partial charge in [0.25, 0.3) is 0 Å². The molecule has 0 aliphatic carbocycles. The maximum absolute atomic E-state index is 12.4. The third kappa shape index (κ3) is 5.06. The van der Waals surface area contributed by atoms with Gasteiger partial charge in [-0.3, -0.25) is 14.5 Å². The topological polar surface area (TPSA) is 63.4 Å². The molecular formula is C15H21BrN2O2. The zero-order valence-corrected chi connectivity index (χ0v) is 13.5. The predicted molar refractivity (Wildman–Crippen MR) is 83.6 cm³/mol. The standard InChI is InChI=1S/C15H21BrN2O2/c1-3-4-9-18(10-14(17)19)11(2)15(20)12-5-7-13(16)8-6-12/h5-8,11H,3-4,9-10H2,1-2H3,(H2,17,19). The maximum Gasteiger partial charge on any atom is 0.231 e. The summed E-state index contributed by atoms with van der Waals surface area (Å²) in [6.07, 6.45) is 1.94. The van der Waals surface area contributed by atoms with Crippen molar-refractivity contribution < 1.29 is 9.59 Å². The first-order chi connectivity index (χ1) is 9.45. The van der Waals surface area contributed by atoms with E-state index in [0.29, 0.717) is 12.1 Å². The molecule has 0 heterocycles. The minimum atomic E-state index is -0.406. The van der Waals surface area contributed by atoms with Crippen LogP contribution in [0.3, 0.4) is 0 Å². The first-order valence-electron chi connectivity index (χ1n) is 6.77. The van der Waals surface area contributed by atoms with Gasteiger partial charge >= 0.3 is 0 Å². The number of primary amides is 1. The van der Waals surface area contributed by atoms with Gasteiger partial charge in [-0.1, -0.05) is 41.4 Å². The number of unbranched alkanes of at least 4 members (excludes halogenated alkanes) is 1. The molecule has 2 N–H and O–H groups in total.